The molecule has 4 nitrogen and oxygen atoms in total. The number of nitrogens with zero attached hydrogens (tertiary/aromatic N) is 1. The van der Waals surface area contributed by atoms with Gasteiger partial charge < -0.3 is 0 Å². The Morgan fingerprint density at radius 3 is 1.94 bits per heavy atom. The van der Waals surface area contributed by atoms with Gasteiger partial charge in [-0.25, -0.2) is 8.42 Å². The van der Waals surface area contributed by atoms with Gasteiger partial charge in [-0.3, -0.25) is 5.84 Å². The lowest BCUT2D eigenvalue weighted by Gasteiger charge is -2.16. The highest BCUT2D eigenvalue weighted by atomic mass is 32.2. The Hall–Kier alpha value is -1.69. The number of hydrogen-bond donors (Lipinski definition) is 1. The fraction of sp³-hybridized carbons (Fsp3) is 0.0769. The van der Waals surface area contributed by atoms with Crippen LogP contribution < -0.4 is 5.84 Å². The molecule has 2 N–H and O–H groups in total. The molecule has 0 fully saturated rings. The van der Waals surface area contributed by atoms with Crippen molar-refractivity contribution in [2.75, 3.05) is 0 Å². The van der Waals surface area contributed by atoms with Gasteiger partial charge in [0.2, 0.25) is 0 Å². The summed E-state index contributed by atoms with van der Waals surface area (Å²) in [5.74, 6) is 5.66. The monoisotopic (exact) mass is 262 g/mol. The van der Waals surface area contributed by atoms with E-state index in [0.29, 0.717) is 0 Å². The number of sulfonamides is 1. The minimum absolute atomic E-state index is 0.151. The van der Waals surface area contributed by atoms with Gasteiger partial charge in [-0.15, -0.1) is 4.41 Å². The molecule has 0 saturated heterocycles. The van der Waals surface area contributed by atoms with E-state index >= 15 is 0 Å². The molecule has 0 heterocycles. The van der Waals surface area contributed by atoms with Crippen molar-refractivity contribution in [1.29, 1.82) is 0 Å². The van der Waals surface area contributed by atoms with Crippen LogP contribution in [-0.4, -0.2) is 12.8 Å². The maximum absolute atomic E-state index is 12.1. The first-order valence-electron chi connectivity index (χ1n) is 5.47. The highest BCUT2D eigenvalue weighted by Gasteiger charge is 2.20. The minimum Gasteiger partial charge on any atom is -0.254 e. The summed E-state index contributed by atoms with van der Waals surface area (Å²) in [7, 11) is -3.63. The minimum atomic E-state index is -3.63. The van der Waals surface area contributed by atoms with Gasteiger partial charge in [0.15, 0.2) is 0 Å². The molecule has 0 amide bonds. The van der Waals surface area contributed by atoms with Crippen LogP contribution in [0, 0.1) is 0 Å². The molecule has 0 atom stereocenters. The molecule has 2 aromatic rings. The summed E-state index contributed by atoms with van der Waals surface area (Å²) in [6.07, 6.45) is 0. The van der Waals surface area contributed by atoms with Crippen LogP contribution in [0.15, 0.2) is 65.6 Å². The average molecular weight is 262 g/mol. The second kappa shape index (κ2) is 5.30. The summed E-state index contributed by atoms with van der Waals surface area (Å²) < 4.78 is 25.1. The first-order chi connectivity index (χ1) is 8.60. The van der Waals surface area contributed by atoms with Crippen LogP contribution in [0.2, 0.25) is 0 Å². The van der Waals surface area contributed by atoms with Crippen molar-refractivity contribution in [2.45, 2.75) is 11.4 Å². The molecule has 18 heavy (non-hydrogen) atoms. The van der Waals surface area contributed by atoms with Crippen LogP contribution in [0.5, 0.6) is 0 Å². The summed E-state index contributed by atoms with van der Waals surface area (Å²) in [5, 5.41) is 0. The molecule has 0 aliphatic rings. The number of nitrogens with two attached hydrogens (primary N) is 1. The molecule has 0 aliphatic carbocycles. The van der Waals surface area contributed by atoms with E-state index in [-0.39, 0.29) is 11.4 Å². The molecule has 0 spiro atoms. The van der Waals surface area contributed by atoms with Crippen molar-refractivity contribution < 1.29 is 8.42 Å². The lowest BCUT2D eigenvalue weighted by atomic mass is 10.2. The number of rotatable bonds is 4. The molecular weight excluding hydrogens is 248 g/mol. The molecule has 0 aliphatic heterocycles. The molecule has 0 radical (unpaired) electrons. The maximum Gasteiger partial charge on any atom is 0.255 e. The van der Waals surface area contributed by atoms with Gasteiger partial charge >= 0.3 is 0 Å². The fourth-order valence-electron chi connectivity index (χ4n) is 1.58. The van der Waals surface area contributed by atoms with Crippen molar-refractivity contribution in [3.05, 3.63) is 66.2 Å². The Morgan fingerprint density at radius 1 is 0.889 bits per heavy atom. The topological polar surface area (TPSA) is 63.4 Å². The molecule has 5 heteroatoms. The molecule has 2 rings (SSSR count). The standard InChI is InChI=1S/C13H14N2O2S/c14-15(11-12-7-3-1-4-8-12)18(16,17)13-9-5-2-6-10-13/h1-10H,11,14H2. The number of hydrogen-bond acceptors (Lipinski definition) is 3. The van der Waals surface area contributed by atoms with Crippen LogP contribution >= 0.6 is 0 Å². The summed E-state index contributed by atoms with van der Waals surface area (Å²) in [6.45, 7) is 0.151. The van der Waals surface area contributed by atoms with Crippen LogP contribution in [0.1, 0.15) is 5.56 Å². The van der Waals surface area contributed by atoms with Crippen molar-refractivity contribution in [1.82, 2.24) is 4.41 Å². The van der Waals surface area contributed by atoms with Gasteiger partial charge in [-0.1, -0.05) is 48.5 Å². The van der Waals surface area contributed by atoms with Crippen molar-refractivity contribution in [3.8, 4) is 0 Å². The van der Waals surface area contributed by atoms with E-state index in [1.54, 1.807) is 18.2 Å². The number of benzene rings is 2. The normalized spacial score (nSPS) is 11.7. The molecule has 0 saturated carbocycles. The van der Waals surface area contributed by atoms with E-state index in [1.807, 2.05) is 30.3 Å². The summed E-state index contributed by atoms with van der Waals surface area (Å²) in [5.41, 5.74) is 0.847. The van der Waals surface area contributed by atoms with E-state index in [1.165, 1.54) is 12.1 Å². The van der Waals surface area contributed by atoms with Gasteiger partial charge in [-0.05, 0) is 17.7 Å². The summed E-state index contributed by atoms with van der Waals surface area (Å²) in [6, 6.07) is 17.4. The Balaban J connectivity index is 2.21. The second-order valence-corrected chi connectivity index (χ2v) is 5.74. The van der Waals surface area contributed by atoms with E-state index < -0.39 is 10.0 Å². The lowest BCUT2D eigenvalue weighted by Crippen LogP contribution is -2.36. The third-order valence-corrected chi connectivity index (χ3v) is 4.15. The Labute approximate surface area is 107 Å². The lowest BCUT2D eigenvalue weighted by molar-refractivity contribution is 0.422. The highest BCUT2D eigenvalue weighted by Crippen LogP contribution is 2.14. The first-order valence-corrected chi connectivity index (χ1v) is 6.91. The number of hydrazine groups is 1. The highest BCUT2D eigenvalue weighted by molar-refractivity contribution is 7.89. The largest absolute Gasteiger partial charge is 0.255 e. The second-order valence-electron chi connectivity index (χ2n) is 3.85. The van der Waals surface area contributed by atoms with Crippen molar-refractivity contribution >= 4 is 10.0 Å². The third-order valence-electron chi connectivity index (χ3n) is 2.53. The van der Waals surface area contributed by atoms with Crippen LogP contribution in [-0.2, 0) is 16.6 Å². The quantitative estimate of drug-likeness (QED) is 0.674. The van der Waals surface area contributed by atoms with Gasteiger partial charge in [0.25, 0.3) is 10.0 Å². The van der Waals surface area contributed by atoms with E-state index in [4.69, 9.17) is 5.84 Å². The zero-order chi connectivity index (χ0) is 13.0. The molecule has 0 bridgehead atoms. The first kappa shape index (κ1) is 12.8. The van der Waals surface area contributed by atoms with E-state index in [2.05, 4.69) is 0 Å². The Morgan fingerprint density at radius 2 is 1.39 bits per heavy atom. The molecule has 0 aromatic heterocycles. The van der Waals surface area contributed by atoms with Crippen LogP contribution in [0.4, 0.5) is 0 Å². The van der Waals surface area contributed by atoms with Gasteiger partial charge in [-0.2, -0.15) is 0 Å². The molecule has 0 unspecified atom stereocenters. The predicted molar refractivity (Wildman–Crippen MR) is 69.8 cm³/mol. The van der Waals surface area contributed by atoms with E-state index in [9.17, 15) is 8.42 Å². The van der Waals surface area contributed by atoms with Gasteiger partial charge in [0.05, 0.1) is 11.4 Å². The molecule has 94 valence electrons. The zero-order valence-electron chi connectivity index (χ0n) is 9.73. The zero-order valence-corrected chi connectivity index (χ0v) is 10.5. The average Bonchev–Trinajstić information content (AvgIpc) is 2.41. The summed E-state index contributed by atoms with van der Waals surface area (Å²) >= 11 is 0. The molecular formula is C13H14N2O2S. The van der Waals surface area contributed by atoms with Crippen LogP contribution in [0.3, 0.4) is 0 Å². The maximum atomic E-state index is 12.1. The Bertz CT molecular complexity index is 597. The Kier molecular flexibility index (Phi) is 3.76. The molecule has 2 aromatic carbocycles. The van der Waals surface area contributed by atoms with Crippen molar-refractivity contribution in [2.24, 2.45) is 5.84 Å². The van der Waals surface area contributed by atoms with E-state index in [0.717, 1.165) is 9.98 Å². The predicted octanol–water partition coefficient (Wildman–Crippen LogP) is 1.75. The van der Waals surface area contributed by atoms with Crippen molar-refractivity contribution in [3.63, 3.8) is 0 Å². The smallest absolute Gasteiger partial charge is 0.254 e. The van der Waals surface area contributed by atoms with Crippen LogP contribution in [0.25, 0.3) is 0 Å². The third kappa shape index (κ3) is 2.76. The fourth-order valence-corrected chi connectivity index (χ4v) is 2.67. The SMILES string of the molecule is NN(Cc1ccccc1)S(=O)(=O)c1ccccc1. The summed E-state index contributed by atoms with van der Waals surface area (Å²) in [4.78, 5) is 0.198. The van der Waals surface area contributed by atoms with Gasteiger partial charge in [0.1, 0.15) is 0 Å². The van der Waals surface area contributed by atoms with Gasteiger partial charge in [0, 0.05) is 0 Å².